The summed E-state index contributed by atoms with van der Waals surface area (Å²) in [5.41, 5.74) is 2.78. The summed E-state index contributed by atoms with van der Waals surface area (Å²) in [4.78, 5) is 15.3. The maximum Gasteiger partial charge on any atom is 0.407 e. The van der Waals surface area contributed by atoms with Gasteiger partial charge in [0, 0.05) is 32.7 Å². The number of hydrogen-bond acceptors (Lipinski definition) is 6. The van der Waals surface area contributed by atoms with E-state index in [1.54, 1.807) is 13.2 Å². The third kappa shape index (κ3) is 5.97. The van der Waals surface area contributed by atoms with E-state index < -0.39 is 18.0 Å². The van der Waals surface area contributed by atoms with Crippen LogP contribution in [0.4, 0.5) is 14.9 Å². The average molecular weight is 489 g/mol. The highest BCUT2D eigenvalue weighted by Gasteiger charge is 2.34. The Morgan fingerprint density at radius 2 is 2.06 bits per heavy atom. The Bertz CT molecular complexity index is 1020. The van der Waals surface area contributed by atoms with Gasteiger partial charge in [-0.25, -0.2) is 9.18 Å². The monoisotopic (exact) mass is 488 g/mol. The van der Waals surface area contributed by atoms with E-state index in [0.717, 1.165) is 42.1 Å². The molecule has 9 heteroatoms. The lowest BCUT2D eigenvalue weighted by atomic mass is 9.87. The van der Waals surface area contributed by atoms with Gasteiger partial charge in [-0.15, -0.1) is 0 Å². The minimum absolute atomic E-state index is 0.127. The molecule has 2 aromatic rings. The number of fused-ring (bicyclic) bond motifs is 1. The van der Waals surface area contributed by atoms with E-state index in [2.05, 4.69) is 11.0 Å². The lowest BCUT2D eigenvalue weighted by molar-refractivity contribution is -0.0200. The van der Waals surface area contributed by atoms with Crippen LogP contribution >= 0.6 is 0 Å². The SMILES string of the molecule is COCCCN1CCOc2ccc(COC3CN(C(=O)O)CCC3c3ccc(OC)c(F)c3)cc21. The molecule has 8 nitrogen and oxygen atoms in total. The van der Waals surface area contributed by atoms with Crippen LogP contribution in [-0.4, -0.2) is 75.8 Å². The first kappa shape index (κ1) is 25.1. The summed E-state index contributed by atoms with van der Waals surface area (Å²) in [6.07, 6.45) is 0.0890. The van der Waals surface area contributed by atoms with E-state index in [9.17, 15) is 14.3 Å². The number of likely N-dealkylation sites (tertiary alicyclic amines) is 1. The molecule has 2 atom stereocenters. The van der Waals surface area contributed by atoms with Crippen molar-refractivity contribution in [1.82, 2.24) is 4.90 Å². The quantitative estimate of drug-likeness (QED) is 0.532. The smallest absolute Gasteiger partial charge is 0.407 e. The maximum absolute atomic E-state index is 14.4. The zero-order valence-electron chi connectivity index (χ0n) is 20.2. The number of halogens is 1. The van der Waals surface area contributed by atoms with Crippen molar-refractivity contribution < 1.29 is 33.2 Å². The lowest BCUT2D eigenvalue weighted by Crippen LogP contribution is -2.46. The zero-order chi connectivity index (χ0) is 24.8. The topological polar surface area (TPSA) is 80.7 Å². The Labute approximate surface area is 205 Å². The van der Waals surface area contributed by atoms with Crippen molar-refractivity contribution >= 4 is 11.8 Å². The summed E-state index contributed by atoms with van der Waals surface area (Å²) < 4.78 is 36.8. The van der Waals surface area contributed by atoms with Gasteiger partial charge in [0.2, 0.25) is 0 Å². The number of amides is 1. The Morgan fingerprint density at radius 3 is 2.80 bits per heavy atom. The van der Waals surface area contributed by atoms with Crippen LogP contribution in [0.15, 0.2) is 36.4 Å². The first-order chi connectivity index (χ1) is 17.0. The van der Waals surface area contributed by atoms with Crippen LogP contribution in [-0.2, 0) is 16.1 Å². The second-order valence-corrected chi connectivity index (χ2v) is 8.85. The van der Waals surface area contributed by atoms with Gasteiger partial charge in [-0.05, 0) is 48.2 Å². The van der Waals surface area contributed by atoms with Crippen LogP contribution in [0.1, 0.15) is 29.9 Å². The molecule has 2 aliphatic heterocycles. The molecule has 0 saturated carbocycles. The Balaban J connectivity index is 1.50. The van der Waals surface area contributed by atoms with Crippen molar-refractivity contribution in [2.75, 3.05) is 58.5 Å². The highest BCUT2D eigenvalue weighted by molar-refractivity contribution is 5.65. The molecule has 0 aromatic heterocycles. The number of methoxy groups -OCH3 is 2. The van der Waals surface area contributed by atoms with Gasteiger partial charge >= 0.3 is 6.09 Å². The molecule has 4 rings (SSSR count). The first-order valence-electron chi connectivity index (χ1n) is 11.9. The third-order valence-electron chi connectivity index (χ3n) is 6.66. The molecule has 1 saturated heterocycles. The summed E-state index contributed by atoms with van der Waals surface area (Å²) >= 11 is 0. The summed E-state index contributed by atoms with van der Waals surface area (Å²) in [6.45, 7) is 3.93. The summed E-state index contributed by atoms with van der Waals surface area (Å²) in [7, 11) is 3.13. The van der Waals surface area contributed by atoms with Crippen molar-refractivity contribution in [3.8, 4) is 11.5 Å². The lowest BCUT2D eigenvalue weighted by Gasteiger charge is -2.37. The van der Waals surface area contributed by atoms with E-state index >= 15 is 0 Å². The van der Waals surface area contributed by atoms with Crippen LogP contribution in [0, 0.1) is 5.82 Å². The molecule has 1 N–H and O–H groups in total. The zero-order valence-corrected chi connectivity index (χ0v) is 20.2. The van der Waals surface area contributed by atoms with E-state index in [4.69, 9.17) is 18.9 Å². The first-order valence-corrected chi connectivity index (χ1v) is 11.9. The average Bonchev–Trinajstić information content (AvgIpc) is 2.87. The molecule has 2 aliphatic rings. The minimum atomic E-state index is -0.976. The van der Waals surface area contributed by atoms with Crippen LogP contribution in [0.5, 0.6) is 11.5 Å². The fraction of sp³-hybridized carbons (Fsp3) is 0.500. The van der Waals surface area contributed by atoms with Gasteiger partial charge in [0.05, 0.1) is 38.6 Å². The van der Waals surface area contributed by atoms with E-state index in [-0.39, 0.29) is 18.2 Å². The van der Waals surface area contributed by atoms with Crippen molar-refractivity contribution in [2.45, 2.75) is 31.5 Å². The Morgan fingerprint density at radius 1 is 1.20 bits per heavy atom. The standard InChI is InChI=1S/C26H33FN2O6/c1-32-12-3-9-28-11-13-34-24-6-4-18(14-22(24)28)17-35-25-16-29(26(30)31)10-8-20(25)19-5-7-23(33-2)21(27)15-19/h4-7,14-15,20,25H,3,8-13,16-17H2,1-2H3,(H,30,31). The third-order valence-corrected chi connectivity index (χ3v) is 6.66. The molecule has 190 valence electrons. The van der Waals surface area contributed by atoms with Crippen molar-refractivity contribution in [1.29, 1.82) is 0 Å². The number of rotatable bonds is 9. The predicted octanol–water partition coefficient (Wildman–Crippen LogP) is 4.12. The fourth-order valence-corrected chi connectivity index (χ4v) is 4.80. The molecule has 0 spiro atoms. The van der Waals surface area contributed by atoms with Gasteiger partial charge in [0.1, 0.15) is 12.4 Å². The molecular formula is C26H33FN2O6. The fourth-order valence-electron chi connectivity index (χ4n) is 4.80. The number of benzene rings is 2. The molecule has 1 amide bonds. The van der Waals surface area contributed by atoms with Gasteiger partial charge in [0.25, 0.3) is 0 Å². The highest BCUT2D eigenvalue weighted by Crippen LogP contribution is 2.35. The van der Waals surface area contributed by atoms with E-state index in [1.165, 1.54) is 18.1 Å². The van der Waals surface area contributed by atoms with Gasteiger partial charge in [-0.3, -0.25) is 0 Å². The van der Waals surface area contributed by atoms with E-state index in [0.29, 0.717) is 32.8 Å². The molecule has 0 radical (unpaired) electrons. The van der Waals surface area contributed by atoms with Gasteiger partial charge in [-0.2, -0.15) is 0 Å². The predicted molar refractivity (Wildman–Crippen MR) is 129 cm³/mol. The van der Waals surface area contributed by atoms with Crippen molar-refractivity contribution in [3.05, 3.63) is 53.3 Å². The summed E-state index contributed by atoms with van der Waals surface area (Å²) in [6, 6.07) is 10.9. The van der Waals surface area contributed by atoms with Crippen LogP contribution in [0.2, 0.25) is 0 Å². The number of hydrogen-bond donors (Lipinski definition) is 1. The summed E-state index contributed by atoms with van der Waals surface area (Å²) in [5.74, 6) is 0.462. The molecule has 1 fully saturated rings. The maximum atomic E-state index is 14.4. The Hall–Kier alpha value is -3.04. The van der Waals surface area contributed by atoms with Crippen molar-refractivity contribution in [3.63, 3.8) is 0 Å². The van der Waals surface area contributed by atoms with Gasteiger partial charge < -0.3 is 33.9 Å². The largest absolute Gasteiger partial charge is 0.494 e. The molecular weight excluding hydrogens is 455 g/mol. The molecule has 0 aliphatic carbocycles. The second kappa shape index (κ2) is 11.6. The van der Waals surface area contributed by atoms with E-state index in [1.807, 2.05) is 18.2 Å². The van der Waals surface area contributed by atoms with Crippen LogP contribution < -0.4 is 14.4 Å². The number of carbonyl (C=O) groups is 1. The van der Waals surface area contributed by atoms with Crippen LogP contribution in [0.3, 0.4) is 0 Å². The molecule has 2 heterocycles. The number of piperidine rings is 1. The van der Waals surface area contributed by atoms with Crippen LogP contribution in [0.25, 0.3) is 0 Å². The van der Waals surface area contributed by atoms with Gasteiger partial charge in [0.15, 0.2) is 11.6 Å². The highest BCUT2D eigenvalue weighted by atomic mass is 19.1. The summed E-state index contributed by atoms with van der Waals surface area (Å²) in [5, 5.41) is 9.53. The molecule has 2 unspecified atom stereocenters. The number of nitrogens with zero attached hydrogens (tertiary/aromatic N) is 2. The molecule has 0 bridgehead atoms. The number of ether oxygens (including phenoxy) is 4. The van der Waals surface area contributed by atoms with Crippen molar-refractivity contribution in [2.24, 2.45) is 0 Å². The second-order valence-electron chi connectivity index (χ2n) is 8.85. The number of carboxylic acid groups (broad SMARTS) is 1. The number of anilines is 1. The molecule has 35 heavy (non-hydrogen) atoms. The Kier molecular flexibility index (Phi) is 8.30. The normalized spacial score (nSPS) is 19.7. The minimum Gasteiger partial charge on any atom is -0.494 e. The van der Waals surface area contributed by atoms with Gasteiger partial charge in [-0.1, -0.05) is 12.1 Å². The molecule has 2 aromatic carbocycles.